The zero-order valence-electron chi connectivity index (χ0n) is 24.8. The van der Waals surface area contributed by atoms with Gasteiger partial charge in [-0.25, -0.2) is 13.1 Å². The SMILES string of the molecule is C=CS(=O)(=O)NC[C@H]1CCN(C(=O)c2ccc(C(CC3CCC(C(F)(F)F)NC3)C(=O)NCc3ccc(C(F)(F)F)cc3)cc2)C1. The number of sulfonamides is 1. The topological polar surface area (TPSA) is 108 Å². The molecule has 0 radical (unpaired) electrons. The molecule has 0 saturated carbocycles. The maximum Gasteiger partial charge on any atom is 0.416 e. The third-order valence-electron chi connectivity index (χ3n) is 8.47. The van der Waals surface area contributed by atoms with Crippen molar-refractivity contribution in [3.8, 4) is 0 Å². The highest BCUT2D eigenvalue weighted by Crippen LogP contribution is 2.34. The lowest BCUT2D eigenvalue weighted by Crippen LogP contribution is -2.48. The summed E-state index contributed by atoms with van der Waals surface area (Å²) in [4.78, 5) is 28.2. The van der Waals surface area contributed by atoms with Crippen LogP contribution in [0.15, 0.2) is 60.5 Å². The molecule has 252 valence electrons. The molecule has 4 rings (SSSR count). The van der Waals surface area contributed by atoms with E-state index in [0.717, 1.165) is 17.5 Å². The molecule has 3 unspecified atom stereocenters. The number of hydrogen-bond donors (Lipinski definition) is 3. The third kappa shape index (κ3) is 9.55. The molecule has 2 saturated heterocycles. The van der Waals surface area contributed by atoms with Crippen LogP contribution in [0.25, 0.3) is 0 Å². The van der Waals surface area contributed by atoms with Gasteiger partial charge in [0.2, 0.25) is 15.9 Å². The molecule has 0 spiro atoms. The van der Waals surface area contributed by atoms with Crippen molar-refractivity contribution >= 4 is 21.8 Å². The second-order valence-electron chi connectivity index (χ2n) is 11.7. The Bertz CT molecular complexity index is 1470. The minimum absolute atomic E-state index is 0.0534. The second kappa shape index (κ2) is 14.6. The Kier molecular flexibility index (Phi) is 11.2. The van der Waals surface area contributed by atoms with Crippen LogP contribution in [0.1, 0.15) is 58.6 Å². The molecule has 2 aliphatic rings. The molecule has 8 nitrogen and oxygen atoms in total. The van der Waals surface area contributed by atoms with Crippen molar-refractivity contribution in [2.45, 2.75) is 56.5 Å². The largest absolute Gasteiger partial charge is 0.416 e. The highest BCUT2D eigenvalue weighted by atomic mass is 32.2. The van der Waals surface area contributed by atoms with Gasteiger partial charge in [0.15, 0.2) is 0 Å². The Morgan fingerprint density at radius 3 is 2.22 bits per heavy atom. The molecule has 0 aromatic heterocycles. The number of amides is 2. The fourth-order valence-electron chi connectivity index (χ4n) is 5.77. The average Bonchev–Trinajstić information content (AvgIpc) is 3.50. The third-order valence-corrected chi connectivity index (χ3v) is 9.48. The molecule has 0 bridgehead atoms. The first-order valence-corrected chi connectivity index (χ1v) is 16.4. The molecule has 46 heavy (non-hydrogen) atoms. The van der Waals surface area contributed by atoms with Crippen LogP contribution in [0, 0.1) is 11.8 Å². The first kappa shape index (κ1) is 35.4. The molecule has 2 aliphatic heterocycles. The van der Waals surface area contributed by atoms with Crippen LogP contribution in [-0.4, -0.2) is 63.5 Å². The number of likely N-dealkylation sites (tertiary alicyclic amines) is 1. The van der Waals surface area contributed by atoms with Crippen molar-refractivity contribution in [2.24, 2.45) is 11.8 Å². The predicted octanol–water partition coefficient (Wildman–Crippen LogP) is 4.95. The summed E-state index contributed by atoms with van der Waals surface area (Å²) >= 11 is 0. The Morgan fingerprint density at radius 2 is 1.65 bits per heavy atom. The number of nitrogens with zero attached hydrogens (tertiary/aromatic N) is 1. The van der Waals surface area contributed by atoms with E-state index in [9.17, 15) is 44.3 Å². The number of piperidine rings is 1. The smallest absolute Gasteiger partial charge is 0.351 e. The number of hydrogen-bond acceptors (Lipinski definition) is 5. The highest BCUT2D eigenvalue weighted by Gasteiger charge is 2.42. The summed E-state index contributed by atoms with van der Waals surface area (Å²) in [7, 11) is -3.58. The van der Waals surface area contributed by atoms with Gasteiger partial charge < -0.3 is 15.5 Å². The fourth-order valence-corrected chi connectivity index (χ4v) is 6.35. The summed E-state index contributed by atoms with van der Waals surface area (Å²) in [6.45, 7) is 4.21. The van der Waals surface area contributed by atoms with Gasteiger partial charge in [0, 0.05) is 37.2 Å². The maximum absolute atomic E-state index is 13.4. The van der Waals surface area contributed by atoms with E-state index < -0.39 is 45.8 Å². The fraction of sp³-hybridized carbons (Fsp3) is 0.484. The molecule has 2 heterocycles. The van der Waals surface area contributed by atoms with Gasteiger partial charge in [-0.15, -0.1) is 0 Å². The number of carbonyl (C=O) groups excluding carboxylic acids is 2. The number of nitrogens with one attached hydrogen (secondary N) is 3. The number of benzene rings is 2. The minimum Gasteiger partial charge on any atom is -0.351 e. The van der Waals surface area contributed by atoms with Crippen molar-refractivity contribution < 1.29 is 44.3 Å². The van der Waals surface area contributed by atoms with Gasteiger partial charge in [-0.05, 0) is 79.5 Å². The van der Waals surface area contributed by atoms with E-state index in [1.807, 2.05) is 0 Å². The lowest BCUT2D eigenvalue weighted by Gasteiger charge is -2.33. The zero-order valence-corrected chi connectivity index (χ0v) is 25.6. The molecular formula is C31H36F6N4O4S. The van der Waals surface area contributed by atoms with Crippen LogP contribution in [0.4, 0.5) is 26.3 Å². The van der Waals surface area contributed by atoms with Gasteiger partial charge in [0.1, 0.15) is 6.04 Å². The predicted molar refractivity (Wildman–Crippen MR) is 159 cm³/mol. The van der Waals surface area contributed by atoms with Crippen molar-refractivity contribution in [3.05, 3.63) is 82.8 Å². The van der Waals surface area contributed by atoms with E-state index in [-0.39, 0.29) is 56.6 Å². The minimum atomic E-state index is -4.50. The lowest BCUT2D eigenvalue weighted by atomic mass is 9.83. The van der Waals surface area contributed by atoms with Crippen LogP contribution >= 0.6 is 0 Å². The highest BCUT2D eigenvalue weighted by molar-refractivity contribution is 7.92. The molecule has 15 heteroatoms. The van der Waals surface area contributed by atoms with Gasteiger partial charge in [0.05, 0.1) is 11.5 Å². The van der Waals surface area contributed by atoms with Gasteiger partial charge in [0.25, 0.3) is 5.91 Å². The lowest BCUT2D eigenvalue weighted by molar-refractivity contribution is -0.162. The molecule has 2 aromatic rings. The molecule has 2 aromatic carbocycles. The summed E-state index contributed by atoms with van der Waals surface area (Å²) in [5, 5.41) is 6.08. The quantitative estimate of drug-likeness (QED) is 0.293. The van der Waals surface area contributed by atoms with Crippen molar-refractivity contribution in [3.63, 3.8) is 0 Å². The Balaban J connectivity index is 1.43. The zero-order chi connectivity index (χ0) is 33.7. The van der Waals surface area contributed by atoms with E-state index in [2.05, 4.69) is 21.9 Å². The molecule has 0 aliphatic carbocycles. The van der Waals surface area contributed by atoms with E-state index in [0.29, 0.717) is 36.2 Å². The Morgan fingerprint density at radius 1 is 0.978 bits per heavy atom. The summed E-state index contributed by atoms with van der Waals surface area (Å²) in [5.74, 6) is -1.82. The Hall–Kier alpha value is -3.43. The maximum atomic E-state index is 13.4. The molecule has 2 fully saturated rings. The average molecular weight is 675 g/mol. The van der Waals surface area contributed by atoms with Gasteiger partial charge in [-0.1, -0.05) is 30.8 Å². The van der Waals surface area contributed by atoms with E-state index in [1.54, 1.807) is 29.2 Å². The molecule has 2 amide bonds. The van der Waals surface area contributed by atoms with Gasteiger partial charge in [-0.3, -0.25) is 9.59 Å². The Labute approximate surface area is 263 Å². The van der Waals surface area contributed by atoms with Gasteiger partial charge >= 0.3 is 12.4 Å². The van der Waals surface area contributed by atoms with Crippen LogP contribution in [0.3, 0.4) is 0 Å². The summed E-state index contributed by atoms with van der Waals surface area (Å²) in [5.41, 5.74) is 0.512. The van der Waals surface area contributed by atoms with E-state index in [4.69, 9.17) is 0 Å². The first-order chi connectivity index (χ1) is 21.6. The van der Waals surface area contributed by atoms with Gasteiger partial charge in [-0.2, -0.15) is 26.3 Å². The molecule has 4 atom stereocenters. The number of alkyl halides is 6. The van der Waals surface area contributed by atoms with Crippen LogP contribution < -0.4 is 15.4 Å². The summed E-state index contributed by atoms with van der Waals surface area (Å²) in [6.07, 6.45) is -7.93. The first-order valence-electron chi connectivity index (χ1n) is 14.8. The van der Waals surface area contributed by atoms with Crippen LogP contribution in [-0.2, 0) is 27.5 Å². The number of halogens is 6. The number of carbonyl (C=O) groups is 2. The van der Waals surface area contributed by atoms with Crippen molar-refractivity contribution in [1.82, 2.24) is 20.3 Å². The van der Waals surface area contributed by atoms with Crippen molar-refractivity contribution in [2.75, 3.05) is 26.2 Å². The van der Waals surface area contributed by atoms with Crippen LogP contribution in [0.2, 0.25) is 0 Å². The summed E-state index contributed by atoms with van der Waals surface area (Å²) < 4.78 is 104. The van der Waals surface area contributed by atoms with E-state index >= 15 is 0 Å². The van der Waals surface area contributed by atoms with Crippen molar-refractivity contribution in [1.29, 1.82) is 0 Å². The standard InChI is InChI=1S/C31H36F6N4O4S/c1-2-46(44,45)40-18-22-13-14-41(19-22)29(43)24-8-6-23(7-9-24)26(15-21-5-12-27(38-17-21)31(35,36)37)28(42)39-16-20-3-10-25(11-4-20)30(32,33)34/h2-4,6-11,21-22,26-27,38,40H,1,5,12-19H2,(H,39,42)/t21?,22-,26?,27?/m1/s1. The summed E-state index contributed by atoms with van der Waals surface area (Å²) in [6, 6.07) is 9.13. The molecular weight excluding hydrogens is 638 g/mol. The van der Waals surface area contributed by atoms with Crippen LogP contribution in [0.5, 0.6) is 0 Å². The number of rotatable bonds is 11. The van der Waals surface area contributed by atoms with E-state index in [1.165, 1.54) is 12.1 Å². The second-order valence-corrected chi connectivity index (χ2v) is 13.4. The monoisotopic (exact) mass is 674 g/mol. The molecule has 3 N–H and O–H groups in total. The normalized spacial score (nSPS) is 21.5.